The van der Waals surface area contributed by atoms with Crippen molar-refractivity contribution in [3.05, 3.63) is 21.4 Å². The highest BCUT2D eigenvalue weighted by atomic mass is 32.1. The lowest BCUT2D eigenvalue weighted by Gasteiger charge is -2.13. The molecular weight excluding hydrogens is 232 g/mol. The molecule has 0 aliphatic heterocycles. The van der Waals surface area contributed by atoms with Crippen LogP contribution in [0.15, 0.2) is 6.07 Å². The van der Waals surface area contributed by atoms with Crippen LogP contribution in [0.1, 0.15) is 35.6 Å². The van der Waals surface area contributed by atoms with Crippen LogP contribution in [0.4, 0.5) is 0 Å². The normalized spacial score (nSPS) is 12.8. The maximum atomic E-state index is 11.7. The van der Waals surface area contributed by atoms with Crippen LogP contribution >= 0.6 is 11.3 Å². The maximum Gasteiger partial charge on any atom is 0.237 e. The number of rotatable bonds is 5. The molecule has 3 N–H and O–H groups in total. The zero-order valence-corrected chi connectivity index (χ0v) is 11.9. The van der Waals surface area contributed by atoms with Crippen LogP contribution in [-0.4, -0.2) is 11.9 Å². The molecule has 3 nitrogen and oxygen atoms in total. The summed E-state index contributed by atoms with van der Waals surface area (Å²) in [5.41, 5.74) is 7.09. The van der Waals surface area contributed by atoms with E-state index < -0.39 is 6.04 Å². The summed E-state index contributed by atoms with van der Waals surface area (Å²) in [7, 11) is 0. The first kappa shape index (κ1) is 14.2. The van der Waals surface area contributed by atoms with Crippen molar-refractivity contribution in [1.29, 1.82) is 0 Å². The number of hydrogen-bond acceptors (Lipinski definition) is 3. The molecule has 1 rings (SSSR count). The van der Waals surface area contributed by atoms with Gasteiger partial charge in [-0.1, -0.05) is 13.8 Å². The van der Waals surface area contributed by atoms with Gasteiger partial charge >= 0.3 is 0 Å². The van der Waals surface area contributed by atoms with Gasteiger partial charge in [-0.15, -0.1) is 11.3 Å². The third kappa shape index (κ3) is 4.48. The smallest absolute Gasteiger partial charge is 0.237 e. The number of amides is 1. The molecule has 1 amide bonds. The predicted octanol–water partition coefficient (Wildman–Crippen LogP) is 2.35. The minimum Gasteiger partial charge on any atom is -0.350 e. The fraction of sp³-hybridized carbons (Fsp3) is 0.615. The van der Waals surface area contributed by atoms with Crippen LogP contribution in [0.25, 0.3) is 0 Å². The molecule has 0 bridgehead atoms. The van der Waals surface area contributed by atoms with Gasteiger partial charge in [-0.2, -0.15) is 0 Å². The number of nitrogens with two attached hydrogens (primary N) is 1. The molecule has 0 radical (unpaired) electrons. The molecule has 0 saturated heterocycles. The molecule has 0 aliphatic carbocycles. The van der Waals surface area contributed by atoms with Gasteiger partial charge in [0, 0.05) is 9.75 Å². The second kappa shape index (κ2) is 6.17. The van der Waals surface area contributed by atoms with E-state index in [1.165, 1.54) is 15.3 Å². The third-order valence-corrected chi connectivity index (χ3v) is 3.87. The molecule has 0 spiro atoms. The average molecular weight is 254 g/mol. The van der Waals surface area contributed by atoms with Crippen molar-refractivity contribution in [2.45, 2.75) is 46.7 Å². The van der Waals surface area contributed by atoms with E-state index in [0.29, 0.717) is 12.5 Å². The minimum atomic E-state index is -0.392. The van der Waals surface area contributed by atoms with Gasteiger partial charge in [-0.25, -0.2) is 0 Å². The van der Waals surface area contributed by atoms with Crippen LogP contribution < -0.4 is 11.1 Å². The Kier molecular flexibility index (Phi) is 5.15. The summed E-state index contributed by atoms with van der Waals surface area (Å²) in [5.74, 6) is 0.393. The van der Waals surface area contributed by atoms with Crippen molar-refractivity contribution >= 4 is 17.2 Å². The Morgan fingerprint density at radius 2 is 2.12 bits per heavy atom. The Hall–Kier alpha value is -0.870. The Morgan fingerprint density at radius 1 is 1.47 bits per heavy atom. The quantitative estimate of drug-likeness (QED) is 0.847. The van der Waals surface area contributed by atoms with Crippen molar-refractivity contribution in [2.75, 3.05) is 0 Å². The molecule has 0 aliphatic rings. The van der Waals surface area contributed by atoms with E-state index in [-0.39, 0.29) is 5.91 Å². The monoisotopic (exact) mass is 254 g/mol. The van der Waals surface area contributed by atoms with Crippen molar-refractivity contribution in [2.24, 2.45) is 11.7 Å². The van der Waals surface area contributed by atoms with Gasteiger partial charge in [0.05, 0.1) is 12.6 Å². The molecule has 0 fully saturated rings. The van der Waals surface area contributed by atoms with E-state index in [9.17, 15) is 4.79 Å². The highest BCUT2D eigenvalue weighted by molar-refractivity contribution is 7.12. The number of aryl methyl sites for hydroxylation is 2. The summed E-state index contributed by atoms with van der Waals surface area (Å²) in [4.78, 5) is 14.2. The number of nitrogens with one attached hydrogen (secondary N) is 1. The van der Waals surface area contributed by atoms with Crippen LogP contribution in [0.5, 0.6) is 0 Å². The number of hydrogen-bond donors (Lipinski definition) is 2. The lowest BCUT2D eigenvalue weighted by molar-refractivity contribution is -0.122. The van der Waals surface area contributed by atoms with Gasteiger partial charge in [0.1, 0.15) is 0 Å². The van der Waals surface area contributed by atoms with Crippen molar-refractivity contribution in [1.82, 2.24) is 5.32 Å². The summed E-state index contributed by atoms with van der Waals surface area (Å²) in [5, 5.41) is 2.89. The van der Waals surface area contributed by atoms with E-state index in [1.54, 1.807) is 11.3 Å². The highest BCUT2D eigenvalue weighted by Gasteiger charge is 2.14. The Balaban J connectivity index is 2.42. The lowest BCUT2D eigenvalue weighted by atomic mass is 10.0. The van der Waals surface area contributed by atoms with Crippen LogP contribution in [-0.2, 0) is 11.3 Å². The molecule has 0 saturated carbocycles. The standard InChI is InChI=1S/C13H22N2OS/c1-8(2)5-12(14)13(16)15-7-11-6-9(3)10(4)17-11/h6,8,12H,5,7,14H2,1-4H3,(H,15,16)/t12-/m1/s1. The number of carbonyl (C=O) groups is 1. The van der Waals surface area contributed by atoms with Crippen LogP contribution in [0.3, 0.4) is 0 Å². The summed E-state index contributed by atoms with van der Waals surface area (Å²) in [6.45, 7) is 8.90. The van der Waals surface area contributed by atoms with Crippen LogP contribution in [0, 0.1) is 19.8 Å². The average Bonchev–Trinajstić information content (AvgIpc) is 2.54. The molecule has 17 heavy (non-hydrogen) atoms. The zero-order valence-electron chi connectivity index (χ0n) is 11.0. The Bertz CT molecular complexity index is 365. The summed E-state index contributed by atoms with van der Waals surface area (Å²) in [6.07, 6.45) is 0.730. The van der Waals surface area contributed by atoms with Gasteiger partial charge in [-0.05, 0) is 37.8 Å². The van der Waals surface area contributed by atoms with Gasteiger partial charge in [0.15, 0.2) is 0 Å². The molecule has 1 atom stereocenters. The van der Waals surface area contributed by atoms with Gasteiger partial charge in [0.25, 0.3) is 0 Å². The number of carbonyl (C=O) groups excluding carboxylic acids is 1. The second-order valence-corrected chi connectivity index (χ2v) is 6.25. The minimum absolute atomic E-state index is 0.0533. The van der Waals surface area contributed by atoms with E-state index in [0.717, 1.165) is 6.42 Å². The topological polar surface area (TPSA) is 55.1 Å². The molecule has 96 valence electrons. The first-order chi connectivity index (χ1) is 7.90. The zero-order chi connectivity index (χ0) is 13.0. The summed E-state index contributed by atoms with van der Waals surface area (Å²) < 4.78 is 0. The fourth-order valence-electron chi connectivity index (χ4n) is 1.66. The molecule has 0 unspecified atom stereocenters. The van der Waals surface area contributed by atoms with Gasteiger partial charge < -0.3 is 11.1 Å². The van der Waals surface area contributed by atoms with Crippen molar-refractivity contribution in [3.63, 3.8) is 0 Å². The van der Waals surface area contributed by atoms with Crippen LogP contribution in [0.2, 0.25) is 0 Å². The lowest BCUT2D eigenvalue weighted by Crippen LogP contribution is -2.40. The van der Waals surface area contributed by atoms with Crippen molar-refractivity contribution in [3.8, 4) is 0 Å². The first-order valence-corrected chi connectivity index (χ1v) is 6.81. The molecule has 1 aromatic rings. The number of thiophene rings is 1. The van der Waals surface area contributed by atoms with E-state index in [1.807, 2.05) is 0 Å². The maximum absolute atomic E-state index is 11.7. The van der Waals surface area contributed by atoms with E-state index in [4.69, 9.17) is 5.73 Å². The van der Waals surface area contributed by atoms with Gasteiger partial charge in [-0.3, -0.25) is 4.79 Å². The summed E-state index contributed by atoms with van der Waals surface area (Å²) in [6, 6.07) is 1.73. The Labute approximate surface area is 107 Å². The predicted molar refractivity (Wildman–Crippen MR) is 73.1 cm³/mol. The molecule has 1 aromatic heterocycles. The fourth-order valence-corrected chi connectivity index (χ4v) is 2.65. The molecule has 4 heteroatoms. The third-order valence-electron chi connectivity index (χ3n) is 2.72. The largest absolute Gasteiger partial charge is 0.350 e. The molecular formula is C13H22N2OS. The Morgan fingerprint density at radius 3 is 2.59 bits per heavy atom. The highest BCUT2D eigenvalue weighted by Crippen LogP contribution is 2.20. The van der Waals surface area contributed by atoms with E-state index in [2.05, 4.69) is 39.1 Å². The second-order valence-electron chi connectivity index (χ2n) is 4.91. The summed E-state index contributed by atoms with van der Waals surface area (Å²) >= 11 is 1.73. The van der Waals surface area contributed by atoms with Gasteiger partial charge in [0.2, 0.25) is 5.91 Å². The van der Waals surface area contributed by atoms with E-state index >= 15 is 0 Å². The molecule has 1 heterocycles. The van der Waals surface area contributed by atoms with Crippen molar-refractivity contribution < 1.29 is 4.79 Å². The molecule has 0 aromatic carbocycles. The SMILES string of the molecule is Cc1cc(CNC(=O)[C@H](N)CC(C)C)sc1C. The first-order valence-electron chi connectivity index (χ1n) is 5.99.